The zero-order chi connectivity index (χ0) is 21.1. The Labute approximate surface area is 176 Å². The molecule has 0 unspecified atom stereocenters. The molecule has 1 aliphatic carbocycles. The van der Waals surface area contributed by atoms with E-state index >= 15 is 0 Å². The normalized spacial score (nSPS) is 14.6. The summed E-state index contributed by atoms with van der Waals surface area (Å²) < 4.78 is 5.30. The lowest BCUT2D eigenvalue weighted by molar-refractivity contribution is 0.0613. The number of rotatable bonds is 5. The summed E-state index contributed by atoms with van der Waals surface area (Å²) >= 11 is 0. The first-order chi connectivity index (χ1) is 14.5. The van der Waals surface area contributed by atoms with E-state index in [2.05, 4.69) is 4.98 Å². The van der Waals surface area contributed by atoms with Crippen molar-refractivity contribution < 1.29 is 9.53 Å². The zero-order valence-corrected chi connectivity index (χ0v) is 17.6. The highest BCUT2D eigenvalue weighted by molar-refractivity contribution is 5.95. The van der Waals surface area contributed by atoms with Gasteiger partial charge in [0.05, 0.1) is 13.7 Å². The summed E-state index contributed by atoms with van der Waals surface area (Å²) in [5.41, 5.74) is 3.00. The summed E-state index contributed by atoms with van der Waals surface area (Å²) in [5, 5.41) is 0.979. The fraction of sp³-hybridized carbons (Fsp3) is 0.360. The van der Waals surface area contributed by atoms with Crippen molar-refractivity contribution in [3.8, 4) is 5.75 Å². The standard InChI is InChI=1S/C25H28N2O3/c1-17-11-12-18-14-20(24(28)26-23(18)13-17)16-27(21-8-4-3-5-9-21)25(29)19-7-6-10-22(15-19)30-2/h6-7,10-15,21H,3-5,8-9,16H2,1-2H3,(H,26,28). The minimum atomic E-state index is -0.132. The topological polar surface area (TPSA) is 62.4 Å². The van der Waals surface area contributed by atoms with Gasteiger partial charge in [0.15, 0.2) is 0 Å². The predicted molar refractivity (Wildman–Crippen MR) is 119 cm³/mol. The van der Waals surface area contributed by atoms with Crippen LogP contribution in [0.15, 0.2) is 53.3 Å². The van der Waals surface area contributed by atoms with Crippen molar-refractivity contribution in [1.29, 1.82) is 0 Å². The number of aromatic nitrogens is 1. The quantitative estimate of drug-likeness (QED) is 0.663. The van der Waals surface area contributed by atoms with Crippen LogP contribution in [0.2, 0.25) is 0 Å². The van der Waals surface area contributed by atoms with E-state index in [0.717, 1.165) is 42.1 Å². The van der Waals surface area contributed by atoms with Crippen LogP contribution >= 0.6 is 0 Å². The number of H-pyrrole nitrogens is 1. The molecule has 1 amide bonds. The average Bonchev–Trinajstić information content (AvgIpc) is 2.78. The van der Waals surface area contributed by atoms with Gasteiger partial charge in [-0.1, -0.05) is 37.5 Å². The Kier molecular flexibility index (Phi) is 5.88. The summed E-state index contributed by atoms with van der Waals surface area (Å²) in [6.07, 6.45) is 5.37. The number of amides is 1. The minimum absolute atomic E-state index is 0.0517. The first-order valence-electron chi connectivity index (χ1n) is 10.6. The number of methoxy groups -OCH3 is 1. The Morgan fingerprint density at radius 3 is 2.67 bits per heavy atom. The van der Waals surface area contributed by atoms with Crippen molar-refractivity contribution in [2.45, 2.75) is 51.6 Å². The molecule has 156 valence electrons. The number of aromatic amines is 1. The molecule has 1 N–H and O–H groups in total. The molecule has 1 fully saturated rings. The number of pyridine rings is 1. The maximum Gasteiger partial charge on any atom is 0.254 e. The molecule has 5 nitrogen and oxygen atoms in total. The van der Waals surface area contributed by atoms with Crippen LogP contribution in [0, 0.1) is 6.92 Å². The van der Waals surface area contributed by atoms with E-state index in [1.807, 2.05) is 54.3 Å². The van der Waals surface area contributed by atoms with Gasteiger partial charge >= 0.3 is 0 Å². The van der Waals surface area contributed by atoms with Crippen LogP contribution in [0.25, 0.3) is 10.9 Å². The summed E-state index contributed by atoms with van der Waals surface area (Å²) in [4.78, 5) is 31.2. The van der Waals surface area contributed by atoms with E-state index in [-0.39, 0.29) is 17.5 Å². The van der Waals surface area contributed by atoms with Crippen LogP contribution in [-0.4, -0.2) is 28.9 Å². The fourth-order valence-electron chi connectivity index (χ4n) is 4.34. The average molecular weight is 405 g/mol. The number of hydrogen-bond acceptors (Lipinski definition) is 3. The fourth-order valence-corrected chi connectivity index (χ4v) is 4.34. The highest BCUT2D eigenvalue weighted by Crippen LogP contribution is 2.26. The van der Waals surface area contributed by atoms with Gasteiger partial charge in [0.1, 0.15) is 5.75 Å². The second-order valence-corrected chi connectivity index (χ2v) is 8.17. The van der Waals surface area contributed by atoms with E-state index in [1.54, 1.807) is 13.2 Å². The third-order valence-corrected chi connectivity index (χ3v) is 6.01. The smallest absolute Gasteiger partial charge is 0.254 e. The molecule has 0 radical (unpaired) electrons. The van der Waals surface area contributed by atoms with Gasteiger partial charge in [-0.15, -0.1) is 0 Å². The lowest BCUT2D eigenvalue weighted by Crippen LogP contribution is -2.42. The molecule has 1 aromatic heterocycles. The van der Waals surface area contributed by atoms with Gasteiger partial charge in [-0.25, -0.2) is 0 Å². The van der Waals surface area contributed by atoms with E-state index in [4.69, 9.17) is 4.74 Å². The van der Waals surface area contributed by atoms with E-state index < -0.39 is 0 Å². The molecule has 2 aromatic carbocycles. The third-order valence-electron chi connectivity index (χ3n) is 6.01. The molecule has 0 atom stereocenters. The summed E-state index contributed by atoms with van der Waals surface area (Å²) in [5.74, 6) is 0.604. The molecule has 1 heterocycles. The second-order valence-electron chi connectivity index (χ2n) is 8.17. The number of hydrogen-bond donors (Lipinski definition) is 1. The number of aryl methyl sites for hydroxylation is 1. The summed E-state index contributed by atoms with van der Waals surface area (Å²) in [6, 6.07) is 15.3. The molecular weight excluding hydrogens is 376 g/mol. The second kappa shape index (κ2) is 8.74. The Balaban J connectivity index is 1.70. The maximum absolute atomic E-state index is 13.5. The SMILES string of the molecule is COc1cccc(C(=O)N(Cc2cc3ccc(C)cc3[nH]c2=O)C2CCCCC2)c1. The molecule has 5 heteroatoms. The molecule has 1 saturated carbocycles. The van der Waals surface area contributed by atoms with Crippen molar-refractivity contribution >= 4 is 16.8 Å². The summed E-state index contributed by atoms with van der Waals surface area (Å²) in [6.45, 7) is 2.31. The van der Waals surface area contributed by atoms with Crippen molar-refractivity contribution in [2.75, 3.05) is 7.11 Å². The lowest BCUT2D eigenvalue weighted by Gasteiger charge is -2.34. The molecule has 0 spiro atoms. The molecule has 1 aliphatic rings. The van der Waals surface area contributed by atoms with Crippen LogP contribution in [-0.2, 0) is 6.54 Å². The van der Waals surface area contributed by atoms with Crippen molar-refractivity contribution in [1.82, 2.24) is 9.88 Å². The predicted octanol–water partition coefficient (Wildman–Crippen LogP) is 4.82. The van der Waals surface area contributed by atoms with Gasteiger partial charge in [0, 0.05) is 22.7 Å². The van der Waals surface area contributed by atoms with E-state index in [0.29, 0.717) is 23.4 Å². The van der Waals surface area contributed by atoms with Gasteiger partial charge in [-0.05, 0) is 61.0 Å². The molecule has 0 aliphatic heterocycles. The van der Waals surface area contributed by atoms with Crippen molar-refractivity contribution in [3.63, 3.8) is 0 Å². The van der Waals surface area contributed by atoms with Crippen LogP contribution in [0.3, 0.4) is 0 Å². The Bertz CT molecular complexity index is 1110. The maximum atomic E-state index is 13.5. The number of carbonyl (C=O) groups is 1. The van der Waals surface area contributed by atoms with E-state index in [1.165, 1.54) is 6.42 Å². The number of nitrogens with one attached hydrogen (secondary N) is 1. The van der Waals surface area contributed by atoms with Gasteiger partial charge in [0.25, 0.3) is 11.5 Å². The van der Waals surface area contributed by atoms with Crippen LogP contribution in [0.1, 0.15) is 53.6 Å². The number of nitrogens with zero attached hydrogens (tertiary/aromatic N) is 1. The lowest BCUT2D eigenvalue weighted by atomic mass is 9.93. The van der Waals surface area contributed by atoms with Crippen LogP contribution in [0.5, 0.6) is 5.75 Å². The van der Waals surface area contributed by atoms with Crippen LogP contribution in [0.4, 0.5) is 0 Å². The molecule has 4 rings (SSSR count). The molecule has 0 bridgehead atoms. The third kappa shape index (κ3) is 4.25. The largest absolute Gasteiger partial charge is 0.497 e. The number of ether oxygens (including phenoxy) is 1. The first-order valence-corrected chi connectivity index (χ1v) is 10.6. The highest BCUT2D eigenvalue weighted by Gasteiger charge is 2.27. The van der Waals surface area contributed by atoms with E-state index in [9.17, 15) is 9.59 Å². The van der Waals surface area contributed by atoms with Gasteiger partial charge in [0.2, 0.25) is 0 Å². The Morgan fingerprint density at radius 1 is 1.10 bits per heavy atom. The van der Waals surface area contributed by atoms with Gasteiger partial charge < -0.3 is 14.6 Å². The number of fused-ring (bicyclic) bond motifs is 1. The number of carbonyl (C=O) groups excluding carboxylic acids is 1. The number of benzene rings is 2. The zero-order valence-electron chi connectivity index (χ0n) is 17.6. The first kappa shape index (κ1) is 20.2. The van der Waals surface area contributed by atoms with Crippen molar-refractivity contribution in [3.05, 3.63) is 75.6 Å². The van der Waals surface area contributed by atoms with Crippen LogP contribution < -0.4 is 10.3 Å². The molecular formula is C25H28N2O3. The molecule has 3 aromatic rings. The highest BCUT2D eigenvalue weighted by atomic mass is 16.5. The Morgan fingerprint density at radius 2 is 1.90 bits per heavy atom. The van der Waals surface area contributed by atoms with Gasteiger partial charge in [-0.3, -0.25) is 9.59 Å². The Hall–Kier alpha value is -3.08. The molecule has 0 saturated heterocycles. The van der Waals surface area contributed by atoms with Crippen molar-refractivity contribution in [2.24, 2.45) is 0 Å². The van der Waals surface area contributed by atoms with Gasteiger partial charge in [-0.2, -0.15) is 0 Å². The monoisotopic (exact) mass is 404 g/mol. The summed E-state index contributed by atoms with van der Waals surface area (Å²) in [7, 11) is 1.60. The minimum Gasteiger partial charge on any atom is -0.497 e. The molecule has 30 heavy (non-hydrogen) atoms.